The SMILES string of the molecule is O=C(C(=Cc1ccc(O)cc1)NS(=O)(=O)c1cccc(O)c1)c1ccccc1. The molecule has 7 heteroatoms. The topological polar surface area (TPSA) is 104 Å². The number of phenols is 2. The summed E-state index contributed by atoms with van der Waals surface area (Å²) in [5.41, 5.74) is 0.669. The fourth-order valence-electron chi connectivity index (χ4n) is 2.48. The van der Waals surface area contributed by atoms with Gasteiger partial charge in [0.1, 0.15) is 11.5 Å². The van der Waals surface area contributed by atoms with E-state index in [1.165, 1.54) is 36.4 Å². The molecule has 28 heavy (non-hydrogen) atoms. The number of sulfonamides is 1. The van der Waals surface area contributed by atoms with Crippen molar-refractivity contribution in [1.82, 2.24) is 4.72 Å². The lowest BCUT2D eigenvalue weighted by atomic mass is 10.1. The molecular formula is C21H17NO5S. The van der Waals surface area contributed by atoms with Gasteiger partial charge in [0, 0.05) is 11.6 Å². The zero-order valence-corrected chi connectivity index (χ0v) is 15.4. The largest absolute Gasteiger partial charge is 0.508 e. The van der Waals surface area contributed by atoms with Crippen molar-refractivity contribution in [3.05, 3.63) is 95.7 Å². The van der Waals surface area contributed by atoms with Gasteiger partial charge >= 0.3 is 0 Å². The van der Waals surface area contributed by atoms with Crippen LogP contribution in [0.1, 0.15) is 15.9 Å². The molecule has 0 saturated heterocycles. The van der Waals surface area contributed by atoms with E-state index in [0.717, 1.165) is 6.07 Å². The van der Waals surface area contributed by atoms with Crippen LogP contribution < -0.4 is 4.72 Å². The number of Topliss-reactive ketones (excluding diaryl/α,β-unsaturated/α-hetero) is 1. The van der Waals surface area contributed by atoms with Crippen LogP contribution in [0.15, 0.2) is 89.5 Å². The smallest absolute Gasteiger partial charge is 0.262 e. The van der Waals surface area contributed by atoms with Gasteiger partial charge in [-0.05, 0) is 35.9 Å². The standard InChI is InChI=1S/C21H17NO5S/c23-17-11-9-15(10-12-17)13-20(21(25)16-5-2-1-3-6-16)22-28(26,27)19-8-4-7-18(24)14-19/h1-14,22-24H. The minimum Gasteiger partial charge on any atom is -0.508 e. The van der Waals surface area contributed by atoms with Crippen molar-refractivity contribution in [3.8, 4) is 11.5 Å². The number of nitrogens with one attached hydrogen (secondary N) is 1. The Morgan fingerprint density at radius 3 is 2.14 bits per heavy atom. The molecule has 0 unspecified atom stereocenters. The lowest BCUT2D eigenvalue weighted by molar-refractivity contribution is 0.103. The van der Waals surface area contributed by atoms with Gasteiger partial charge in [0.15, 0.2) is 0 Å². The monoisotopic (exact) mass is 395 g/mol. The van der Waals surface area contributed by atoms with E-state index in [4.69, 9.17) is 0 Å². The lowest BCUT2D eigenvalue weighted by Gasteiger charge is -2.12. The Morgan fingerprint density at radius 1 is 0.821 bits per heavy atom. The van der Waals surface area contributed by atoms with Gasteiger partial charge in [0.2, 0.25) is 5.78 Å². The van der Waals surface area contributed by atoms with Crippen molar-refractivity contribution in [2.45, 2.75) is 4.90 Å². The lowest BCUT2D eigenvalue weighted by Crippen LogP contribution is -2.27. The summed E-state index contributed by atoms with van der Waals surface area (Å²) >= 11 is 0. The second kappa shape index (κ2) is 7.98. The van der Waals surface area contributed by atoms with Crippen molar-refractivity contribution in [2.75, 3.05) is 0 Å². The minimum absolute atomic E-state index is 0.0495. The molecule has 3 N–H and O–H groups in total. The molecule has 0 fully saturated rings. The predicted molar refractivity (Wildman–Crippen MR) is 105 cm³/mol. The van der Waals surface area contributed by atoms with Gasteiger partial charge in [-0.15, -0.1) is 0 Å². The summed E-state index contributed by atoms with van der Waals surface area (Å²) in [6.07, 6.45) is 1.38. The maximum absolute atomic E-state index is 12.9. The van der Waals surface area contributed by atoms with Crippen molar-refractivity contribution < 1.29 is 23.4 Å². The first-order chi connectivity index (χ1) is 13.3. The fourth-order valence-corrected chi connectivity index (χ4v) is 3.57. The molecule has 3 aromatic carbocycles. The number of allylic oxidation sites excluding steroid dienone is 1. The Kier molecular flexibility index (Phi) is 5.47. The molecule has 0 aliphatic carbocycles. The Hall–Kier alpha value is -3.58. The number of hydrogen-bond acceptors (Lipinski definition) is 5. The van der Waals surface area contributed by atoms with Crippen LogP contribution in [0.4, 0.5) is 0 Å². The third kappa shape index (κ3) is 4.57. The highest BCUT2D eigenvalue weighted by atomic mass is 32.2. The summed E-state index contributed by atoms with van der Waals surface area (Å²) in [4.78, 5) is 12.7. The normalized spacial score (nSPS) is 11.8. The molecule has 0 aliphatic rings. The average Bonchev–Trinajstić information content (AvgIpc) is 2.69. The van der Waals surface area contributed by atoms with E-state index in [9.17, 15) is 23.4 Å². The van der Waals surface area contributed by atoms with Crippen LogP contribution >= 0.6 is 0 Å². The highest BCUT2D eigenvalue weighted by molar-refractivity contribution is 7.89. The number of carbonyl (C=O) groups is 1. The highest BCUT2D eigenvalue weighted by Gasteiger charge is 2.21. The molecule has 0 aliphatic heterocycles. The van der Waals surface area contributed by atoms with Crippen LogP contribution in [0.3, 0.4) is 0 Å². The van der Waals surface area contributed by atoms with Crippen molar-refractivity contribution in [2.24, 2.45) is 0 Å². The third-order valence-corrected chi connectivity index (χ3v) is 5.22. The molecule has 0 radical (unpaired) electrons. The number of benzene rings is 3. The average molecular weight is 395 g/mol. The number of phenolic OH excluding ortho intramolecular Hbond substituents is 2. The molecule has 0 heterocycles. The van der Waals surface area contributed by atoms with Crippen LogP contribution in [0.25, 0.3) is 6.08 Å². The predicted octanol–water partition coefficient (Wildman–Crippen LogP) is 3.30. The van der Waals surface area contributed by atoms with Crippen molar-refractivity contribution >= 4 is 21.9 Å². The van der Waals surface area contributed by atoms with Gasteiger partial charge in [-0.3, -0.25) is 9.52 Å². The number of rotatable bonds is 6. The zero-order valence-electron chi connectivity index (χ0n) is 14.6. The molecular weight excluding hydrogens is 378 g/mol. The Morgan fingerprint density at radius 2 is 1.50 bits per heavy atom. The first-order valence-electron chi connectivity index (χ1n) is 8.27. The second-order valence-electron chi connectivity index (χ2n) is 5.95. The van der Waals surface area contributed by atoms with Crippen LogP contribution in [0.5, 0.6) is 11.5 Å². The molecule has 0 saturated carbocycles. The summed E-state index contributed by atoms with van der Waals surface area (Å²) in [6, 6.07) is 19.4. The van der Waals surface area contributed by atoms with E-state index in [2.05, 4.69) is 4.72 Å². The van der Waals surface area contributed by atoms with Gasteiger partial charge in [0.05, 0.1) is 10.6 Å². The van der Waals surface area contributed by atoms with E-state index in [0.29, 0.717) is 11.1 Å². The molecule has 0 amide bonds. The Bertz CT molecular complexity index is 1120. The van der Waals surface area contributed by atoms with Gasteiger partial charge in [-0.25, -0.2) is 8.42 Å². The maximum Gasteiger partial charge on any atom is 0.262 e. The quantitative estimate of drug-likeness (QED) is 0.439. The first kappa shape index (κ1) is 19.2. The van der Waals surface area contributed by atoms with Gasteiger partial charge in [-0.2, -0.15) is 0 Å². The van der Waals surface area contributed by atoms with Crippen LogP contribution in [-0.4, -0.2) is 24.4 Å². The van der Waals surface area contributed by atoms with Crippen LogP contribution in [-0.2, 0) is 10.0 Å². The van der Waals surface area contributed by atoms with E-state index in [1.807, 2.05) is 0 Å². The molecule has 0 aromatic heterocycles. The van der Waals surface area contributed by atoms with Crippen LogP contribution in [0.2, 0.25) is 0 Å². The van der Waals surface area contributed by atoms with E-state index in [-0.39, 0.29) is 22.1 Å². The molecule has 6 nitrogen and oxygen atoms in total. The molecule has 142 valence electrons. The summed E-state index contributed by atoms with van der Waals surface area (Å²) in [5, 5.41) is 19.0. The van der Waals surface area contributed by atoms with Crippen molar-refractivity contribution in [1.29, 1.82) is 0 Å². The molecule has 0 bridgehead atoms. The number of ketones is 1. The van der Waals surface area contributed by atoms with E-state index < -0.39 is 15.8 Å². The van der Waals surface area contributed by atoms with Gasteiger partial charge < -0.3 is 10.2 Å². The number of hydrogen-bond donors (Lipinski definition) is 3. The highest BCUT2D eigenvalue weighted by Crippen LogP contribution is 2.19. The van der Waals surface area contributed by atoms with Gasteiger partial charge in [0.25, 0.3) is 10.0 Å². The minimum atomic E-state index is -4.11. The summed E-state index contributed by atoms with van der Waals surface area (Å²) < 4.78 is 27.7. The van der Waals surface area contributed by atoms with E-state index in [1.54, 1.807) is 42.5 Å². The maximum atomic E-state index is 12.9. The van der Waals surface area contributed by atoms with Gasteiger partial charge in [-0.1, -0.05) is 48.5 Å². The first-order valence-corrected chi connectivity index (χ1v) is 9.76. The summed E-state index contributed by atoms with van der Waals surface area (Å²) in [7, 11) is -4.11. The number of aromatic hydroxyl groups is 2. The second-order valence-corrected chi connectivity index (χ2v) is 7.63. The van der Waals surface area contributed by atoms with Crippen LogP contribution in [0, 0.1) is 0 Å². The summed E-state index contributed by atoms with van der Waals surface area (Å²) in [6.45, 7) is 0. The molecule has 3 aromatic rings. The zero-order chi connectivity index (χ0) is 20.1. The fraction of sp³-hybridized carbons (Fsp3) is 0. The third-order valence-electron chi connectivity index (χ3n) is 3.86. The molecule has 0 atom stereocenters. The Balaban J connectivity index is 2.03. The van der Waals surface area contributed by atoms with E-state index >= 15 is 0 Å². The molecule has 3 rings (SSSR count). The summed E-state index contributed by atoms with van der Waals surface area (Å²) in [5.74, 6) is -0.674. The molecule has 0 spiro atoms. The number of carbonyl (C=O) groups excluding carboxylic acids is 1. The van der Waals surface area contributed by atoms with Crippen molar-refractivity contribution in [3.63, 3.8) is 0 Å². The Labute approximate surface area is 162 Å².